The third-order valence-electron chi connectivity index (χ3n) is 4.00. The number of carbonyl (C=O) groups is 1. The molecule has 2 rings (SSSR count). The molecular weight excluding hydrogens is 295 g/mol. The van der Waals surface area contributed by atoms with Crippen LogP contribution in [0, 0.1) is 18.7 Å². The second-order valence-corrected chi connectivity index (χ2v) is 6.97. The van der Waals surface area contributed by atoms with E-state index in [0.29, 0.717) is 19.0 Å². The Kier molecular flexibility index (Phi) is 4.34. The molecule has 0 aliphatic carbocycles. The van der Waals surface area contributed by atoms with Gasteiger partial charge < -0.3 is 4.90 Å². The lowest BCUT2D eigenvalue weighted by Crippen LogP contribution is -2.29. The topological polar surface area (TPSA) is 80.5 Å². The molecule has 1 atom stereocenters. The maximum atomic E-state index is 13.9. The van der Waals surface area contributed by atoms with Gasteiger partial charge in [0.1, 0.15) is 5.82 Å². The molecule has 0 spiro atoms. The number of sulfonamides is 1. The third kappa shape index (κ3) is 3.24. The zero-order valence-electron chi connectivity index (χ0n) is 12.1. The molecule has 0 saturated carbocycles. The van der Waals surface area contributed by atoms with Gasteiger partial charge in [0.15, 0.2) is 0 Å². The Morgan fingerprint density at radius 3 is 2.67 bits per heavy atom. The number of likely N-dealkylation sites (tertiary alicyclic amines) is 1. The lowest BCUT2D eigenvalue weighted by molar-refractivity contribution is 0.0786. The molecule has 2 N–H and O–H groups in total. The van der Waals surface area contributed by atoms with Crippen LogP contribution in [0.2, 0.25) is 0 Å². The Balaban J connectivity index is 2.37. The van der Waals surface area contributed by atoms with Crippen molar-refractivity contribution in [3.8, 4) is 0 Å². The van der Waals surface area contributed by atoms with E-state index in [1.54, 1.807) is 4.90 Å². The molecule has 21 heavy (non-hydrogen) atoms. The van der Waals surface area contributed by atoms with Crippen LogP contribution in [0.1, 0.15) is 35.7 Å². The van der Waals surface area contributed by atoms with E-state index in [1.165, 1.54) is 6.92 Å². The zero-order chi connectivity index (χ0) is 15.8. The Hall–Kier alpha value is -1.47. The van der Waals surface area contributed by atoms with Gasteiger partial charge >= 0.3 is 0 Å². The number of amides is 1. The molecule has 1 aromatic rings. The van der Waals surface area contributed by atoms with Crippen LogP contribution in [0.3, 0.4) is 0 Å². The van der Waals surface area contributed by atoms with Crippen LogP contribution in [0.15, 0.2) is 17.0 Å². The minimum atomic E-state index is -4.06. The highest BCUT2D eigenvalue weighted by atomic mass is 32.2. The molecule has 1 saturated heterocycles. The van der Waals surface area contributed by atoms with Crippen molar-refractivity contribution in [2.24, 2.45) is 11.1 Å². The zero-order valence-corrected chi connectivity index (χ0v) is 12.9. The molecule has 5 nitrogen and oxygen atoms in total. The first-order chi connectivity index (χ1) is 9.74. The highest BCUT2D eigenvalue weighted by Gasteiger charge is 2.27. The van der Waals surface area contributed by atoms with Gasteiger partial charge in [-0.3, -0.25) is 4.79 Å². The highest BCUT2D eigenvalue weighted by molar-refractivity contribution is 7.89. The fourth-order valence-electron chi connectivity index (χ4n) is 2.61. The Bertz CT molecular complexity index is 673. The number of rotatable bonds is 3. The Labute approximate surface area is 124 Å². The first-order valence-corrected chi connectivity index (χ1v) is 8.41. The van der Waals surface area contributed by atoms with Crippen molar-refractivity contribution in [3.63, 3.8) is 0 Å². The summed E-state index contributed by atoms with van der Waals surface area (Å²) in [6, 6.07) is 2.24. The molecule has 116 valence electrons. The predicted octanol–water partition coefficient (Wildman–Crippen LogP) is 1.65. The molecule has 0 radical (unpaired) electrons. The van der Waals surface area contributed by atoms with E-state index in [1.807, 2.05) is 0 Å². The van der Waals surface area contributed by atoms with Gasteiger partial charge in [-0.05, 0) is 31.4 Å². The van der Waals surface area contributed by atoms with E-state index in [0.717, 1.165) is 25.0 Å². The van der Waals surface area contributed by atoms with Crippen LogP contribution >= 0.6 is 0 Å². The van der Waals surface area contributed by atoms with Crippen molar-refractivity contribution in [1.29, 1.82) is 0 Å². The first-order valence-electron chi connectivity index (χ1n) is 6.86. The van der Waals surface area contributed by atoms with Crippen molar-refractivity contribution in [1.82, 2.24) is 4.90 Å². The first kappa shape index (κ1) is 15.9. The fraction of sp³-hybridized carbons (Fsp3) is 0.500. The molecular formula is C14H19FN2O3S. The smallest absolute Gasteiger partial charge is 0.254 e. The van der Waals surface area contributed by atoms with Gasteiger partial charge in [0.05, 0.1) is 4.90 Å². The largest absolute Gasteiger partial charge is 0.338 e. The van der Waals surface area contributed by atoms with E-state index >= 15 is 0 Å². The van der Waals surface area contributed by atoms with E-state index in [4.69, 9.17) is 5.14 Å². The van der Waals surface area contributed by atoms with E-state index in [9.17, 15) is 17.6 Å². The predicted molar refractivity (Wildman–Crippen MR) is 76.8 cm³/mol. The average molecular weight is 314 g/mol. The molecule has 1 fully saturated rings. The summed E-state index contributed by atoms with van der Waals surface area (Å²) >= 11 is 0. The number of nitrogens with zero attached hydrogens (tertiary/aromatic N) is 1. The summed E-state index contributed by atoms with van der Waals surface area (Å²) < 4.78 is 36.8. The summed E-state index contributed by atoms with van der Waals surface area (Å²) in [5.74, 6) is -0.646. The molecule has 0 aromatic heterocycles. The molecule has 1 aliphatic rings. The fourth-order valence-corrected chi connectivity index (χ4v) is 3.42. The monoisotopic (exact) mass is 314 g/mol. The summed E-state index contributed by atoms with van der Waals surface area (Å²) in [4.78, 5) is 13.7. The van der Waals surface area contributed by atoms with Gasteiger partial charge in [-0.2, -0.15) is 0 Å². The number of hydrogen-bond acceptors (Lipinski definition) is 3. The molecule has 1 unspecified atom stereocenters. The number of benzene rings is 1. The van der Waals surface area contributed by atoms with E-state index in [2.05, 4.69) is 6.92 Å². The van der Waals surface area contributed by atoms with Crippen molar-refractivity contribution in [2.75, 3.05) is 13.1 Å². The molecule has 7 heteroatoms. The highest BCUT2D eigenvalue weighted by Crippen LogP contribution is 2.24. The van der Waals surface area contributed by atoms with Crippen LogP contribution in [0.5, 0.6) is 0 Å². The van der Waals surface area contributed by atoms with Gasteiger partial charge in [0.25, 0.3) is 5.91 Å². The second kappa shape index (κ2) is 5.73. The summed E-state index contributed by atoms with van der Waals surface area (Å²) in [6.45, 7) is 4.61. The van der Waals surface area contributed by atoms with Gasteiger partial charge in [0, 0.05) is 24.2 Å². The van der Waals surface area contributed by atoms with Gasteiger partial charge in [-0.1, -0.05) is 13.3 Å². The van der Waals surface area contributed by atoms with E-state index in [-0.39, 0.29) is 21.9 Å². The Morgan fingerprint density at radius 2 is 2.14 bits per heavy atom. The van der Waals surface area contributed by atoms with Crippen molar-refractivity contribution < 1.29 is 17.6 Å². The average Bonchev–Trinajstić information content (AvgIpc) is 2.88. The lowest BCUT2D eigenvalue weighted by atomic mass is 10.1. The lowest BCUT2D eigenvalue weighted by Gasteiger charge is -2.17. The summed E-state index contributed by atoms with van der Waals surface area (Å²) in [7, 11) is -4.06. The van der Waals surface area contributed by atoms with Crippen molar-refractivity contribution in [3.05, 3.63) is 29.1 Å². The number of nitrogens with two attached hydrogens (primary N) is 1. The van der Waals surface area contributed by atoms with Crippen LogP contribution < -0.4 is 5.14 Å². The molecule has 0 bridgehead atoms. The third-order valence-corrected chi connectivity index (χ3v) is 5.04. The molecule has 1 amide bonds. The molecule has 1 aliphatic heterocycles. The SMILES string of the molecule is CCC1CCN(C(=O)c2cc(F)c(C)c(S(N)(=O)=O)c2)C1. The Morgan fingerprint density at radius 1 is 1.48 bits per heavy atom. The van der Waals surface area contributed by atoms with Gasteiger partial charge in [-0.25, -0.2) is 17.9 Å². The molecule has 1 heterocycles. The standard InChI is InChI=1S/C14H19FN2O3S/c1-3-10-4-5-17(8-10)14(18)11-6-12(15)9(2)13(7-11)21(16,19)20/h6-7,10H,3-5,8H2,1-2H3,(H2,16,19,20). The van der Waals surface area contributed by atoms with Gasteiger partial charge in [-0.15, -0.1) is 0 Å². The number of primary sulfonamides is 1. The van der Waals surface area contributed by atoms with Crippen LogP contribution in [-0.4, -0.2) is 32.3 Å². The number of hydrogen-bond donors (Lipinski definition) is 1. The van der Waals surface area contributed by atoms with Crippen LogP contribution in [0.4, 0.5) is 4.39 Å². The van der Waals surface area contributed by atoms with Crippen molar-refractivity contribution in [2.45, 2.75) is 31.6 Å². The minimum absolute atomic E-state index is 0.0267. The maximum absolute atomic E-state index is 13.9. The van der Waals surface area contributed by atoms with Crippen LogP contribution in [0.25, 0.3) is 0 Å². The summed E-state index contributed by atoms with van der Waals surface area (Å²) in [5.41, 5.74) is -0.0409. The van der Waals surface area contributed by atoms with Gasteiger partial charge in [0.2, 0.25) is 10.0 Å². The molecule has 1 aromatic carbocycles. The van der Waals surface area contributed by atoms with E-state index < -0.39 is 15.8 Å². The summed E-state index contributed by atoms with van der Waals surface area (Å²) in [6.07, 6.45) is 1.90. The van der Waals surface area contributed by atoms with Crippen molar-refractivity contribution >= 4 is 15.9 Å². The number of halogens is 1. The normalized spacial score (nSPS) is 19.0. The second-order valence-electron chi connectivity index (χ2n) is 5.44. The summed E-state index contributed by atoms with van der Waals surface area (Å²) in [5, 5.41) is 5.07. The number of carbonyl (C=O) groups excluding carboxylic acids is 1. The minimum Gasteiger partial charge on any atom is -0.338 e. The van der Waals surface area contributed by atoms with Crippen LogP contribution in [-0.2, 0) is 10.0 Å². The quantitative estimate of drug-likeness (QED) is 0.921. The maximum Gasteiger partial charge on any atom is 0.254 e.